The lowest BCUT2D eigenvalue weighted by Crippen LogP contribution is -2.11. The molecule has 2 heterocycles. The SMILES string of the molecule is CCOC(=O)c1ccc2nc(Nc3nc(-c4ccccc4)ncc3C(=O)OCC)sc2c1. The summed E-state index contributed by atoms with van der Waals surface area (Å²) in [5.74, 6) is -0.153. The van der Waals surface area contributed by atoms with Gasteiger partial charge in [0.25, 0.3) is 0 Å². The molecule has 0 bridgehead atoms. The van der Waals surface area contributed by atoms with Gasteiger partial charge < -0.3 is 14.8 Å². The summed E-state index contributed by atoms with van der Waals surface area (Å²) >= 11 is 1.33. The van der Waals surface area contributed by atoms with E-state index in [1.807, 2.05) is 30.3 Å². The highest BCUT2D eigenvalue weighted by molar-refractivity contribution is 7.22. The van der Waals surface area contributed by atoms with E-state index in [1.165, 1.54) is 17.5 Å². The van der Waals surface area contributed by atoms with Crippen LogP contribution in [0, 0.1) is 0 Å². The van der Waals surface area contributed by atoms with Crippen LogP contribution in [0.2, 0.25) is 0 Å². The largest absolute Gasteiger partial charge is 0.462 e. The standard InChI is InChI=1S/C23H20N4O4S/c1-3-30-21(28)15-10-11-17-18(12-15)32-23(25-17)27-20-16(22(29)31-4-2)13-24-19(26-20)14-8-6-5-7-9-14/h5-13H,3-4H2,1-2H3,(H,24,25,26,27). The van der Waals surface area contributed by atoms with Crippen molar-refractivity contribution in [1.82, 2.24) is 15.0 Å². The molecule has 0 spiro atoms. The summed E-state index contributed by atoms with van der Waals surface area (Å²) in [5.41, 5.74) is 2.18. The second-order valence-electron chi connectivity index (χ2n) is 6.59. The predicted octanol–water partition coefficient (Wildman–Crippen LogP) is 4.85. The Morgan fingerprint density at radius 1 is 0.969 bits per heavy atom. The Labute approximate surface area is 188 Å². The zero-order chi connectivity index (χ0) is 22.5. The van der Waals surface area contributed by atoms with E-state index in [9.17, 15) is 9.59 Å². The fourth-order valence-electron chi connectivity index (χ4n) is 2.98. The molecular formula is C23H20N4O4S. The number of carbonyl (C=O) groups excluding carboxylic acids is 2. The average molecular weight is 449 g/mol. The number of nitrogens with one attached hydrogen (secondary N) is 1. The van der Waals surface area contributed by atoms with Gasteiger partial charge in [0.1, 0.15) is 5.56 Å². The monoisotopic (exact) mass is 448 g/mol. The zero-order valence-electron chi connectivity index (χ0n) is 17.5. The third kappa shape index (κ3) is 4.57. The summed E-state index contributed by atoms with van der Waals surface area (Å²) in [6.07, 6.45) is 1.45. The van der Waals surface area contributed by atoms with Gasteiger partial charge in [0.2, 0.25) is 0 Å². The summed E-state index contributed by atoms with van der Waals surface area (Å²) in [6, 6.07) is 14.6. The molecule has 0 saturated carbocycles. The molecule has 4 rings (SSSR count). The van der Waals surface area contributed by atoms with Gasteiger partial charge in [-0.05, 0) is 32.0 Å². The number of hydrogen-bond donors (Lipinski definition) is 1. The van der Waals surface area contributed by atoms with Crippen LogP contribution < -0.4 is 5.32 Å². The molecule has 162 valence electrons. The molecule has 4 aromatic rings. The van der Waals surface area contributed by atoms with E-state index in [0.29, 0.717) is 34.5 Å². The minimum atomic E-state index is -0.527. The molecule has 0 saturated heterocycles. The maximum atomic E-state index is 12.4. The lowest BCUT2D eigenvalue weighted by Gasteiger charge is -2.10. The lowest BCUT2D eigenvalue weighted by atomic mass is 10.2. The van der Waals surface area contributed by atoms with Gasteiger partial charge in [-0.15, -0.1) is 0 Å². The van der Waals surface area contributed by atoms with Crippen LogP contribution in [0.3, 0.4) is 0 Å². The van der Waals surface area contributed by atoms with Crippen LogP contribution in [0.4, 0.5) is 10.9 Å². The van der Waals surface area contributed by atoms with Crippen LogP contribution in [-0.2, 0) is 9.47 Å². The average Bonchev–Trinajstić information content (AvgIpc) is 3.21. The van der Waals surface area contributed by atoms with Gasteiger partial charge >= 0.3 is 11.9 Å². The van der Waals surface area contributed by atoms with Gasteiger partial charge in [0, 0.05) is 11.8 Å². The normalized spacial score (nSPS) is 10.7. The molecule has 0 atom stereocenters. The Hall–Kier alpha value is -3.85. The third-order valence-electron chi connectivity index (χ3n) is 4.44. The fourth-order valence-corrected chi connectivity index (χ4v) is 3.89. The number of ether oxygens (including phenoxy) is 2. The van der Waals surface area contributed by atoms with Crippen molar-refractivity contribution in [1.29, 1.82) is 0 Å². The predicted molar refractivity (Wildman–Crippen MR) is 122 cm³/mol. The number of hydrogen-bond acceptors (Lipinski definition) is 9. The highest BCUT2D eigenvalue weighted by atomic mass is 32.1. The first-order chi connectivity index (χ1) is 15.6. The number of carbonyl (C=O) groups is 2. The molecule has 2 aromatic carbocycles. The molecule has 9 heteroatoms. The molecule has 0 fully saturated rings. The summed E-state index contributed by atoms with van der Waals surface area (Å²) in [7, 11) is 0. The maximum absolute atomic E-state index is 12.4. The van der Waals surface area contributed by atoms with Crippen LogP contribution in [0.1, 0.15) is 34.6 Å². The second kappa shape index (κ2) is 9.52. The molecule has 1 N–H and O–H groups in total. The Morgan fingerprint density at radius 2 is 1.72 bits per heavy atom. The Bertz CT molecular complexity index is 1270. The second-order valence-corrected chi connectivity index (χ2v) is 7.62. The van der Waals surface area contributed by atoms with Crippen LogP contribution in [0.5, 0.6) is 0 Å². The molecule has 8 nitrogen and oxygen atoms in total. The number of fused-ring (bicyclic) bond motifs is 1. The minimum absolute atomic E-state index is 0.206. The van der Waals surface area contributed by atoms with Crippen molar-refractivity contribution >= 4 is 44.4 Å². The van der Waals surface area contributed by atoms with Crippen molar-refractivity contribution in [2.24, 2.45) is 0 Å². The Balaban J connectivity index is 1.70. The number of anilines is 2. The van der Waals surface area contributed by atoms with Crippen LogP contribution >= 0.6 is 11.3 Å². The highest BCUT2D eigenvalue weighted by Gasteiger charge is 2.18. The molecule has 2 aromatic heterocycles. The van der Waals surface area contributed by atoms with Crippen molar-refractivity contribution in [3.63, 3.8) is 0 Å². The first kappa shape index (κ1) is 21.4. The molecule has 0 aliphatic carbocycles. The van der Waals surface area contributed by atoms with Crippen LogP contribution in [0.15, 0.2) is 54.7 Å². The first-order valence-corrected chi connectivity index (χ1v) is 10.8. The minimum Gasteiger partial charge on any atom is -0.462 e. The Morgan fingerprint density at radius 3 is 2.47 bits per heavy atom. The van der Waals surface area contributed by atoms with Gasteiger partial charge in [-0.3, -0.25) is 0 Å². The van der Waals surface area contributed by atoms with E-state index in [-0.39, 0.29) is 18.1 Å². The molecule has 32 heavy (non-hydrogen) atoms. The fraction of sp³-hybridized carbons (Fsp3) is 0.174. The molecular weight excluding hydrogens is 428 g/mol. The highest BCUT2D eigenvalue weighted by Crippen LogP contribution is 2.30. The topological polar surface area (TPSA) is 103 Å². The van der Waals surface area contributed by atoms with E-state index >= 15 is 0 Å². The number of esters is 2. The van der Waals surface area contributed by atoms with Gasteiger partial charge in [0.15, 0.2) is 16.8 Å². The van der Waals surface area contributed by atoms with Crippen LogP contribution in [-0.4, -0.2) is 40.1 Å². The molecule has 0 aliphatic heterocycles. The number of aromatic nitrogens is 3. The van der Waals surface area contributed by atoms with Gasteiger partial charge in [-0.25, -0.2) is 24.5 Å². The van der Waals surface area contributed by atoms with Crippen molar-refractivity contribution < 1.29 is 19.1 Å². The number of nitrogens with zero attached hydrogens (tertiary/aromatic N) is 3. The van der Waals surface area contributed by atoms with E-state index in [4.69, 9.17) is 9.47 Å². The number of rotatable bonds is 7. The molecule has 0 aliphatic rings. The molecule has 0 unspecified atom stereocenters. The molecule has 0 radical (unpaired) electrons. The van der Waals surface area contributed by atoms with E-state index in [0.717, 1.165) is 10.3 Å². The van der Waals surface area contributed by atoms with Gasteiger partial charge in [0.05, 0.1) is 29.0 Å². The van der Waals surface area contributed by atoms with Crippen molar-refractivity contribution in [2.45, 2.75) is 13.8 Å². The lowest BCUT2D eigenvalue weighted by molar-refractivity contribution is 0.0517. The van der Waals surface area contributed by atoms with E-state index < -0.39 is 5.97 Å². The third-order valence-corrected chi connectivity index (χ3v) is 5.37. The summed E-state index contributed by atoms with van der Waals surface area (Å²) < 4.78 is 11.0. The van der Waals surface area contributed by atoms with Crippen molar-refractivity contribution in [3.05, 3.63) is 65.9 Å². The van der Waals surface area contributed by atoms with E-state index in [2.05, 4.69) is 20.3 Å². The first-order valence-electron chi connectivity index (χ1n) is 10.0. The molecule has 0 amide bonds. The van der Waals surface area contributed by atoms with Gasteiger partial charge in [-0.1, -0.05) is 41.7 Å². The summed E-state index contributed by atoms with van der Waals surface area (Å²) in [5, 5.41) is 3.64. The van der Waals surface area contributed by atoms with Crippen molar-refractivity contribution in [2.75, 3.05) is 18.5 Å². The summed E-state index contributed by atoms with van der Waals surface area (Å²) in [4.78, 5) is 37.9. The number of thiazole rings is 1. The maximum Gasteiger partial charge on any atom is 0.343 e. The quantitative estimate of drug-likeness (QED) is 0.400. The van der Waals surface area contributed by atoms with Crippen molar-refractivity contribution in [3.8, 4) is 11.4 Å². The Kier molecular flexibility index (Phi) is 6.37. The smallest absolute Gasteiger partial charge is 0.343 e. The van der Waals surface area contributed by atoms with E-state index in [1.54, 1.807) is 32.0 Å². The van der Waals surface area contributed by atoms with Crippen LogP contribution in [0.25, 0.3) is 21.6 Å². The zero-order valence-corrected chi connectivity index (χ0v) is 18.3. The van der Waals surface area contributed by atoms with Gasteiger partial charge in [-0.2, -0.15) is 0 Å². The summed E-state index contributed by atoms with van der Waals surface area (Å²) in [6.45, 7) is 4.04. The number of benzene rings is 2.